The number of aromatic nitrogens is 2. The van der Waals surface area contributed by atoms with Gasteiger partial charge in [-0.2, -0.15) is 0 Å². The smallest absolute Gasteiger partial charge is 0.410 e. The molecule has 1 aromatic carbocycles. The SMILES string of the molecule is CC(C)(C)OC(=O)N1CC[C@H](c2nc3ccccc3c(=O)[nH]2)C1. The van der Waals surface area contributed by atoms with Crippen molar-refractivity contribution in [2.24, 2.45) is 0 Å². The molecule has 6 nitrogen and oxygen atoms in total. The van der Waals surface area contributed by atoms with Gasteiger partial charge in [0, 0.05) is 19.0 Å². The number of rotatable bonds is 1. The first-order valence-electron chi connectivity index (χ1n) is 7.80. The van der Waals surface area contributed by atoms with Crippen molar-refractivity contribution in [3.63, 3.8) is 0 Å². The summed E-state index contributed by atoms with van der Waals surface area (Å²) in [6, 6.07) is 7.26. The second kappa shape index (κ2) is 5.68. The molecule has 2 aromatic rings. The van der Waals surface area contributed by atoms with E-state index in [1.807, 2.05) is 39.0 Å². The van der Waals surface area contributed by atoms with Crippen LogP contribution >= 0.6 is 0 Å². The van der Waals surface area contributed by atoms with Crippen molar-refractivity contribution in [1.82, 2.24) is 14.9 Å². The topological polar surface area (TPSA) is 75.3 Å². The van der Waals surface area contributed by atoms with Gasteiger partial charge in [0.25, 0.3) is 5.56 Å². The molecule has 1 aromatic heterocycles. The number of amides is 1. The maximum Gasteiger partial charge on any atom is 0.410 e. The van der Waals surface area contributed by atoms with Crippen LogP contribution in [0.3, 0.4) is 0 Å². The molecule has 0 saturated carbocycles. The van der Waals surface area contributed by atoms with Gasteiger partial charge in [-0.25, -0.2) is 9.78 Å². The van der Waals surface area contributed by atoms with Crippen LogP contribution in [0.4, 0.5) is 4.79 Å². The second-order valence-electron chi connectivity index (χ2n) is 6.88. The number of nitrogens with one attached hydrogen (secondary N) is 1. The number of hydrogen-bond acceptors (Lipinski definition) is 4. The lowest BCUT2D eigenvalue weighted by Gasteiger charge is -2.24. The summed E-state index contributed by atoms with van der Waals surface area (Å²) in [5.74, 6) is 0.666. The quantitative estimate of drug-likeness (QED) is 0.878. The number of fused-ring (bicyclic) bond motifs is 1. The van der Waals surface area contributed by atoms with E-state index in [1.54, 1.807) is 11.0 Å². The number of hydrogen-bond donors (Lipinski definition) is 1. The molecule has 1 aliphatic rings. The fourth-order valence-corrected chi connectivity index (χ4v) is 2.77. The normalized spacial score (nSPS) is 18.4. The molecule has 6 heteroatoms. The van der Waals surface area contributed by atoms with Crippen LogP contribution in [0.15, 0.2) is 29.1 Å². The third-order valence-electron chi connectivity index (χ3n) is 3.86. The maximum absolute atomic E-state index is 12.2. The first-order chi connectivity index (χ1) is 10.8. The molecule has 1 N–H and O–H groups in total. The van der Waals surface area contributed by atoms with Gasteiger partial charge in [0.15, 0.2) is 0 Å². The molecule has 3 rings (SSSR count). The van der Waals surface area contributed by atoms with E-state index >= 15 is 0 Å². The minimum atomic E-state index is -0.509. The first-order valence-corrected chi connectivity index (χ1v) is 7.80. The average molecular weight is 315 g/mol. The highest BCUT2D eigenvalue weighted by Gasteiger charge is 2.31. The maximum atomic E-state index is 12.2. The molecule has 2 heterocycles. The van der Waals surface area contributed by atoms with Crippen LogP contribution in [0.2, 0.25) is 0 Å². The van der Waals surface area contributed by atoms with Crippen LogP contribution < -0.4 is 5.56 Å². The molecule has 0 aliphatic carbocycles. The van der Waals surface area contributed by atoms with Crippen molar-refractivity contribution in [3.8, 4) is 0 Å². The third kappa shape index (κ3) is 3.36. The Morgan fingerprint density at radius 3 is 2.83 bits per heavy atom. The summed E-state index contributed by atoms with van der Waals surface area (Å²) < 4.78 is 5.39. The van der Waals surface area contributed by atoms with Crippen molar-refractivity contribution >= 4 is 17.0 Å². The third-order valence-corrected chi connectivity index (χ3v) is 3.86. The molecule has 1 aliphatic heterocycles. The van der Waals surface area contributed by atoms with Gasteiger partial charge < -0.3 is 14.6 Å². The Balaban J connectivity index is 1.79. The monoisotopic (exact) mass is 315 g/mol. The first kappa shape index (κ1) is 15.5. The van der Waals surface area contributed by atoms with Crippen LogP contribution in [0.1, 0.15) is 38.9 Å². The lowest BCUT2D eigenvalue weighted by atomic mass is 10.1. The number of benzene rings is 1. The Labute approximate surface area is 134 Å². The molecule has 0 spiro atoms. The van der Waals surface area contributed by atoms with Crippen LogP contribution in [-0.2, 0) is 4.74 Å². The summed E-state index contributed by atoms with van der Waals surface area (Å²) in [6.45, 7) is 6.66. The van der Waals surface area contributed by atoms with E-state index in [0.717, 1.165) is 6.42 Å². The standard InChI is InChI=1S/C17H21N3O3/c1-17(2,3)23-16(22)20-9-8-11(10-20)14-18-13-7-5-4-6-12(13)15(21)19-14/h4-7,11H,8-10H2,1-3H3,(H,18,19,21)/t11-/m0/s1. The van der Waals surface area contributed by atoms with E-state index < -0.39 is 5.60 Å². The van der Waals surface area contributed by atoms with Gasteiger partial charge in [0.1, 0.15) is 11.4 Å². The van der Waals surface area contributed by atoms with Gasteiger partial charge in [0.2, 0.25) is 0 Å². The summed E-state index contributed by atoms with van der Waals surface area (Å²) in [5, 5.41) is 0.582. The fraction of sp³-hybridized carbons (Fsp3) is 0.471. The van der Waals surface area contributed by atoms with Crippen molar-refractivity contribution in [1.29, 1.82) is 0 Å². The number of aromatic amines is 1. The molecule has 1 amide bonds. The molecular weight excluding hydrogens is 294 g/mol. The molecule has 0 radical (unpaired) electrons. The Kier molecular flexibility index (Phi) is 3.83. The van der Waals surface area contributed by atoms with E-state index in [0.29, 0.717) is 29.8 Å². The summed E-state index contributed by atoms with van der Waals surface area (Å²) in [4.78, 5) is 33.4. The van der Waals surface area contributed by atoms with Crippen LogP contribution in [0.5, 0.6) is 0 Å². The summed E-state index contributed by atoms with van der Waals surface area (Å²) in [7, 11) is 0. The number of para-hydroxylation sites is 1. The molecular formula is C17H21N3O3. The van der Waals surface area contributed by atoms with E-state index in [1.165, 1.54) is 0 Å². The number of carbonyl (C=O) groups is 1. The molecule has 122 valence electrons. The van der Waals surface area contributed by atoms with Gasteiger partial charge >= 0.3 is 6.09 Å². The zero-order chi connectivity index (χ0) is 16.6. The van der Waals surface area contributed by atoms with Gasteiger partial charge in [-0.05, 0) is 39.3 Å². The lowest BCUT2D eigenvalue weighted by Crippen LogP contribution is -2.35. The second-order valence-corrected chi connectivity index (χ2v) is 6.88. The number of carbonyl (C=O) groups excluding carboxylic acids is 1. The fourth-order valence-electron chi connectivity index (χ4n) is 2.77. The highest BCUT2D eigenvalue weighted by molar-refractivity contribution is 5.77. The van der Waals surface area contributed by atoms with Gasteiger partial charge in [-0.1, -0.05) is 12.1 Å². The van der Waals surface area contributed by atoms with Gasteiger partial charge in [-0.3, -0.25) is 4.79 Å². The van der Waals surface area contributed by atoms with Crippen molar-refractivity contribution in [3.05, 3.63) is 40.4 Å². The number of likely N-dealkylation sites (tertiary alicyclic amines) is 1. The lowest BCUT2D eigenvalue weighted by molar-refractivity contribution is 0.0292. The molecule has 1 fully saturated rings. The minimum Gasteiger partial charge on any atom is -0.444 e. The minimum absolute atomic E-state index is 0.0276. The van der Waals surface area contributed by atoms with Gasteiger partial charge in [0.05, 0.1) is 10.9 Å². The van der Waals surface area contributed by atoms with Crippen molar-refractivity contribution in [2.75, 3.05) is 13.1 Å². The summed E-state index contributed by atoms with van der Waals surface area (Å²) >= 11 is 0. The number of H-pyrrole nitrogens is 1. The zero-order valence-electron chi connectivity index (χ0n) is 13.6. The van der Waals surface area contributed by atoms with Gasteiger partial charge in [-0.15, -0.1) is 0 Å². The van der Waals surface area contributed by atoms with Crippen LogP contribution in [-0.4, -0.2) is 39.7 Å². The van der Waals surface area contributed by atoms with Crippen LogP contribution in [0, 0.1) is 0 Å². The Morgan fingerprint density at radius 1 is 1.35 bits per heavy atom. The van der Waals surface area contributed by atoms with Crippen LogP contribution in [0.25, 0.3) is 10.9 Å². The van der Waals surface area contributed by atoms with E-state index in [4.69, 9.17) is 4.74 Å². The van der Waals surface area contributed by atoms with E-state index in [2.05, 4.69) is 9.97 Å². The van der Waals surface area contributed by atoms with Crippen molar-refractivity contribution in [2.45, 2.75) is 38.7 Å². The average Bonchev–Trinajstić information content (AvgIpc) is 2.95. The Morgan fingerprint density at radius 2 is 2.09 bits per heavy atom. The number of nitrogens with zero attached hydrogens (tertiary/aromatic N) is 2. The molecule has 0 bridgehead atoms. The molecule has 0 unspecified atom stereocenters. The Bertz CT molecular complexity index is 792. The highest BCUT2D eigenvalue weighted by Crippen LogP contribution is 2.26. The largest absolute Gasteiger partial charge is 0.444 e. The van der Waals surface area contributed by atoms with E-state index in [-0.39, 0.29) is 17.6 Å². The summed E-state index contributed by atoms with van der Waals surface area (Å²) in [6.07, 6.45) is 0.448. The van der Waals surface area contributed by atoms with E-state index in [9.17, 15) is 9.59 Å². The predicted molar refractivity (Wildman–Crippen MR) is 87.5 cm³/mol. The van der Waals surface area contributed by atoms with Crippen molar-refractivity contribution < 1.29 is 9.53 Å². The molecule has 23 heavy (non-hydrogen) atoms. The predicted octanol–water partition coefficient (Wildman–Crippen LogP) is 2.65. The molecule has 1 saturated heterocycles. The molecule has 1 atom stereocenters. The zero-order valence-corrected chi connectivity index (χ0v) is 13.6. The summed E-state index contributed by atoms with van der Waals surface area (Å²) in [5.41, 5.74) is 0.0355. The number of ether oxygens (including phenoxy) is 1. The highest BCUT2D eigenvalue weighted by atomic mass is 16.6. The Hall–Kier alpha value is -2.37.